The Morgan fingerprint density at radius 3 is 0.884 bits per heavy atom. The van der Waals surface area contributed by atoms with Gasteiger partial charge in [0.15, 0.2) is 16.9 Å². The smallest absolute Gasteiger partial charge is 0.165 e. The molecule has 0 radical (unpaired) electrons. The van der Waals surface area contributed by atoms with Crippen molar-refractivity contribution in [1.29, 1.82) is 0 Å². The first kappa shape index (κ1) is 69.9. The van der Waals surface area contributed by atoms with Gasteiger partial charge in [0.05, 0.1) is 66.2 Å². The van der Waals surface area contributed by atoms with Gasteiger partial charge in [0, 0.05) is 170 Å². The van der Waals surface area contributed by atoms with Crippen molar-refractivity contribution in [3.63, 3.8) is 0 Å². The van der Waals surface area contributed by atoms with Crippen molar-refractivity contribution in [3.05, 3.63) is 346 Å². The summed E-state index contributed by atoms with van der Waals surface area (Å²) in [6.07, 6.45) is 0. The van der Waals surface area contributed by atoms with E-state index in [1.165, 1.54) is 236 Å². The van der Waals surface area contributed by atoms with Gasteiger partial charge in [-0.3, -0.25) is 13.2 Å². The summed E-state index contributed by atoms with van der Waals surface area (Å²) in [7, 11) is 0. The first-order valence-electron chi connectivity index (χ1n) is 43.3. The van der Waals surface area contributed by atoms with Gasteiger partial charge in [-0.2, -0.15) is 0 Å². The van der Waals surface area contributed by atoms with Gasteiger partial charge in [0.25, 0.3) is 0 Å². The molecule has 33 aromatic rings. The van der Waals surface area contributed by atoms with Gasteiger partial charge in [-0.15, -0.1) is 68.0 Å². The third-order valence-corrected chi connectivity index (χ3v) is 34.4. The zero-order chi connectivity index (χ0) is 83.4. The minimum atomic E-state index is 0.921. The fraction of sp³-hybridized carbons (Fsp3) is 0. The van der Waals surface area contributed by atoms with E-state index >= 15 is 0 Å². The van der Waals surface area contributed by atoms with Crippen LogP contribution in [-0.4, -0.2) is 43.1 Å². The quantitative estimate of drug-likeness (QED) is 0.175. The Kier molecular flexibility index (Phi) is 14.0. The third-order valence-electron chi connectivity index (χ3n) is 27.3. The molecule has 0 saturated carbocycles. The van der Waals surface area contributed by atoms with Gasteiger partial charge in [-0.25, -0.2) is 29.9 Å². The Morgan fingerprint density at radius 2 is 0.457 bits per heavy atom. The van der Waals surface area contributed by atoms with Crippen LogP contribution in [0.3, 0.4) is 0 Å². The van der Waals surface area contributed by atoms with Crippen LogP contribution in [0.1, 0.15) is 0 Å². The van der Waals surface area contributed by atoms with E-state index in [2.05, 4.69) is 323 Å². The molecule has 15 aromatic heterocycles. The fourth-order valence-corrected chi connectivity index (χ4v) is 28.8. The maximum Gasteiger partial charge on any atom is 0.165 e. The molecule has 0 atom stereocenters. The van der Waals surface area contributed by atoms with Gasteiger partial charge in [-0.1, -0.05) is 200 Å². The van der Waals surface area contributed by atoms with Crippen LogP contribution in [0.2, 0.25) is 0 Å². The summed E-state index contributed by atoms with van der Waals surface area (Å²) < 4.78 is 23.0. The van der Waals surface area contributed by atoms with Gasteiger partial charge >= 0.3 is 0 Å². The number of para-hydroxylation sites is 6. The minimum absolute atomic E-state index is 0.921. The Balaban J connectivity index is 0.0000000919. The molecule has 18 aromatic carbocycles. The number of fused-ring (bicyclic) bond motifs is 42. The summed E-state index contributed by atoms with van der Waals surface area (Å²) in [5, 5.41) is 27.0. The van der Waals surface area contributed by atoms with Crippen molar-refractivity contribution < 1.29 is 0 Å². The largest absolute Gasteiger partial charge is 0.291 e. The minimum Gasteiger partial charge on any atom is -0.291 e. The lowest BCUT2D eigenvalue weighted by molar-refractivity contribution is 1.28. The molecular weight excluding hydrogens is 1690 g/mol. The number of thiophene rings is 6. The standard InChI is InChI=1S/3C38H19N3S2/c1-5-14-31-22(8-1)24-11-7-10-21(36(24)42-31)20-16-17-30-26(18-20)33-35-27(19-25-23-9-2-6-15-32(23)43-37(25)33)34-38(41(30)35)40-29-13-4-3-12-28(29)39-34;1-5-11-31-22(7-1)24-15-13-21(18-33(24)42-31)20-14-16-30-26(17-20)34-36-27(19-25-23-8-2-6-12-32(23)43-37(25)34)35-38(41(30)36)40-29-10-4-3-9-28(29)39-35;1-5-11-31-22(7-1)24-17-21(14-16-33(24)42-31)20-13-15-30-26(18-20)34-36-27(19-25-23-8-2-6-12-32(23)43-37(25)34)35-38(41(30)36)40-29-10-4-3-9-28(29)39-35/h3*1-19H. The molecule has 0 aliphatic carbocycles. The number of aromatic nitrogens is 9. The van der Waals surface area contributed by atoms with E-state index in [1.807, 2.05) is 104 Å². The second-order valence-corrected chi connectivity index (χ2v) is 40.5. The molecule has 129 heavy (non-hydrogen) atoms. The molecule has 0 saturated heterocycles. The maximum atomic E-state index is 5.21. The van der Waals surface area contributed by atoms with E-state index < -0.39 is 0 Å². The summed E-state index contributed by atoms with van der Waals surface area (Å²) in [4.78, 5) is 31.1. The lowest BCUT2D eigenvalue weighted by Crippen LogP contribution is -1.89. The Bertz CT molecular complexity index is 10800. The first-order valence-corrected chi connectivity index (χ1v) is 48.2. The maximum absolute atomic E-state index is 5.21. The zero-order valence-corrected chi connectivity index (χ0v) is 72.8. The molecule has 0 aliphatic heterocycles. The molecule has 15 heteroatoms. The molecule has 0 N–H and O–H groups in total. The summed E-state index contributed by atoms with van der Waals surface area (Å²) in [5.41, 5.74) is 25.9. The number of nitrogens with zero attached hydrogens (tertiary/aromatic N) is 9. The first-order chi connectivity index (χ1) is 63.9. The average molecular weight is 1750 g/mol. The van der Waals surface area contributed by atoms with Gasteiger partial charge in [0.1, 0.15) is 16.6 Å². The number of hydrogen-bond donors (Lipinski definition) is 0. The van der Waals surface area contributed by atoms with E-state index in [4.69, 9.17) is 29.9 Å². The molecule has 33 rings (SSSR count). The van der Waals surface area contributed by atoms with Crippen molar-refractivity contribution >= 4 is 337 Å². The Labute approximate surface area is 753 Å². The molecule has 0 aliphatic rings. The lowest BCUT2D eigenvalue weighted by Gasteiger charge is -2.06. The summed E-state index contributed by atoms with van der Waals surface area (Å²) in [6.45, 7) is 0. The van der Waals surface area contributed by atoms with Gasteiger partial charge < -0.3 is 0 Å². The van der Waals surface area contributed by atoms with Crippen LogP contribution in [0.15, 0.2) is 346 Å². The molecule has 0 amide bonds. The van der Waals surface area contributed by atoms with Crippen LogP contribution in [0.25, 0.3) is 303 Å². The number of hydrogen-bond acceptors (Lipinski definition) is 12. The molecule has 0 spiro atoms. The van der Waals surface area contributed by atoms with E-state index in [1.54, 1.807) is 0 Å². The summed E-state index contributed by atoms with van der Waals surface area (Å²) >= 11 is 11.3. The summed E-state index contributed by atoms with van der Waals surface area (Å²) in [5.74, 6) is 0. The van der Waals surface area contributed by atoms with Crippen LogP contribution in [0.4, 0.5) is 0 Å². The van der Waals surface area contributed by atoms with Crippen molar-refractivity contribution in [2.24, 2.45) is 0 Å². The van der Waals surface area contributed by atoms with E-state index in [0.717, 1.165) is 66.6 Å². The molecule has 0 fully saturated rings. The van der Waals surface area contributed by atoms with Gasteiger partial charge in [0.2, 0.25) is 0 Å². The molecular formula is C114H57N9S6. The zero-order valence-electron chi connectivity index (χ0n) is 67.9. The van der Waals surface area contributed by atoms with Crippen molar-refractivity contribution in [2.45, 2.75) is 0 Å². The SMILES string of the molecule is c1ccc2nc3c(nc2c1)c1cc2c4ccccc4sc2c2c4cc(-c5ccc6c(c5)sc5ccccc56)ccc4n3c12.c1ccc2nc3c(nc2c1)c1cc2c4ccccc4sc2c2c4cc(-c5ccc6sc7ccccc7c6c5)ccc4n3c12.c1ccc2nc3c(nc2c1)c1cc2c4ccccc4sc2c2c4cc(-c5cccc6c5sc5ccccc56)ccc4n3c12. The topological polar surface area (TPSA) is 90.6 Å². The second-order valence-electron chi connectivity index (χ2n) is 34.1. The average Bonchev–Trinajstić information content (AvgIpc) is 1.53. The summed E-state index contributed by atoms with van der Waals surface area (Å²) in [6, 6.07) is 126. The van der Waals surface area contributed by atoms with Crippen LogP contribution in [0, 0.1) is 0 Å². The number of rotatable bonds is 3. The fourth-order valence-electron chi connectivity index (χ4n) is 21.6. The van der Waals surface area contributed by atoms with Crippen molar-refractivity contribution in [1.82, 2.24) is 43.1 Å². The Hall–Kier alpha value is -15.3. The third kappa shape index (κ3) is 9.63. The molecule has 9 nitrogen and oxygen atoms in total. The predicted octanol–water partition coefficient (Wildman–Crippen LogP) is 33.5. The Morgan fingerprint density at radius 1 is 0.171 bits per heavy atom. The predicted molar refractivity (Wildman–Crippen MR) is 556 cm³/mol. The van der Waals surface area contributed by atoms with Crippen LogP contribution >= 0.6 is 68.0 Å². The van der Waals surface area contributed by atoms with Crippen LogP contribution in [-0.2, 0) is 0 Å². The molecule has 0 unspecified atom stereocenters. The molecule has 15 heterocycles. The second kappa shape index (κ2) is 25.7. The highest BCUT2D eigenvalue weighted by molar-refractivity contribution is 7.28. The lowest BCUT2D eigenvalue weighted by atomic mass is 9.99. The van der Waals surface area contributed by atoms with Crippen LogP contribution < -0.4 is 0 Å². The molecule has 0 bridgehead atoms. The van der Waals surface area contributed by atoms with E-state index in [0.29, 0.717) is 0 Å². The number of benzene rings is 18. The highest BCUT2D eigenvalue weighted by atomic mass is 32.1. The van der Waals surface area contributed by atoms with Crippen molar-refractivity contribution in [2.75, 3.05) is 0 Å². The monoisotopic (exact) mass is 1740 g/mol. The molecule has 594 valence electrons. The van der Waals surface area contributed by atoms with Gasteiger partial charge in [-0.05, 0) is 179 Å². The van der Waals surface area contributed by atoms with Crippen LogP contribution in [0.5, 0.6) is 0 Å². The van der Waals surface area contributed by atoms with E-state index in [9.17, 15) is 0 Å². The normalized spacial score (nSPS) is 12.7. The highest BCUT2D eigenvalue weighted by Gasteiger charge is 2.30. The van der Waals surface area contributed by atoms with Crippen molar-refractivity contribution in [3.8, 4) is 33.4 Å². The van der Waals surface area contributed by atoms with E-state index in [-0.39, 0.29) is 0 Å². The highest BCUT2D eigenvalue weighted by Crippen LogP contribution is 2.54.